The van der Waals surface area contributed by atoms with Crippen molar-refractivity contribution in [1.29, 1.82) is 0 Å². The number of hydrogen-bond acceptors (Lipinski definition) is 2. The van der Waals surface area contributed by atoms with Gasteiger partial charge in [0.15, 0.2) is 0 Å². The lowest BCUT2D eigenvalue weighted by atomic mass is 9.94. The van der Waals surface area contributed by atoms with Gasteiger partial charge in [-0.15, -0.1) is 0 Å². The molecule has 8 aromatic carbocycles. The van der Waals surface area contributed by atoms with E-state index in [1.165, 1.54) is 88.9 Å². The largest absolute Gasteiger partial charge is 0.310 e. The highest BCUT2D eigenvalue weighted by molar-refractivity contribution is 7.00. The van der Waals surface area contributed by atoms with Crippen molar-refractivity contribution in [3.8, 4) is 11.1 Å². The first-order valence-corrected chi connectivity index (χ1v) is 28.2. The molecular formula is C55H56N2Si2. The maximum Gasteiger partial charge on any atom is 0.0579 e. The van der Waals surface area contributed by atoms with Crippen LogP contribution in [0.1, 0.15) is 33.4 Å². The summed E-state index contributed by atoms with van der Waals surface area (Å²) in [7, 11) is -4.14. The molecule has 2 nitrogen and oxygen atoms in total. The van der Waals surface area contributed by atoms with E-state index < -0.39 is 16.1 Å². The highest BCUT2D eigenvalue weighted by Crippen LogP contribution is 2.62. The quantitative estimate of drug-likeness (QED) is 0.141. The lowest BCUT2D eigenvalue weighted by Gasteiger charge is -2.52. The van der Waals surface area contributed by atoms with E-state index in [1.807, 2.05) is 0 Å². The Morgan fingerprint density at radius 2 is 0.881 bits per heavy atom. The Balaban J connectivity index is 1.35. The minimum Gasteiger partial charge on any atom is -0.310 e. The van der Waals surface area contributed by atoms with E-state index in [0.717, 1.165) is 5.69 Å². The number of para-hydroxylation sites is 2. The second-order valence-electron chi connectivity index (χ2n) is 18.9. The summed E-state index contributed by atoms with van der Waals surface area (Å²) >= 11 is 0. The summed E-state index contributed by atoms with van der Waals surface area (Å²) in [5, 5.41) is 5.30. The van der Waals surface area contributed by atoms with Crippen LogP contribution >= 0.6 is 0 Å². The van der Waals surface area contributed by atoms with Crippen molar-refractivity contribution in [2.75, 3.05) is 9.80 Å². The Hall–Kier alpha value is -5.69. The van der Waals surface area contributed by atoms with Gasteiger partial charge in [0.1, 0.15) is 0 Å². The van der Waals surface area contributed by atoms with E-state index in [9.17, 15) is 0 Å². The van der Waals surface area contributed by atoms with Crippen LogP contribution in [0.5, 0.6) is 0 Å². The molecular weight excluding hydrogens is 745 g/mol. The van der Waals surface area contributed by atoms with Crippen LogP contribution in [0.15, 0.2) is 158 Å². The molecule has 0 N–H and O–H groups in total. The summed E-state index contributed by atoms with van der Waals surface area (Å²) < 4.78 is -0.0801. The van der Waals surface area contributed by atoms with E-state index in [1.54, 1.807) is 5.56 Å². The second-order valence-corrected chi connectivity index (χ2v) is 29.9. The highest BCUT2D eigenvalue weighted by atomic mass is 28.4. The average Bonchev–Trinajstić information content (AvgIpc) is 3.54. The molecule has 0 aromatic heterocycles. The summed E-state index contributed by atoms with van der Waals surface area (Å²) in [4.78, 5) is 4.94. The van der Waals surface area contributed by atoms with Crippen LogP contribution in [0.2, 0.25) is 39.3 Å². The number of aryl methyl sites for hydroxylation is 4. The molecule has 0 bridgehead atoms. The van der Waals surface area contributed by atoms with Crippen LogP contribution in [0.25, 0.3) is 32.7 Å². The first-order chi connectivity index (χ1) is 28.2. The van der Waals surface area contributed by atoms with Crippen molar-refractivity contribution in [2.24, 2.45) is 0 Å². The molecule has 0 fully saturated rings. The van der Waals surface area contributed by atoms with Gasteiger partial charge >= 0.3 is 0 Å². The smallest absolute Gasteiger partial charge is 0.0579 e. The van der Waals surface area contributed by atoms with Crippen molar-refractivity contribution < 1.29 is 0 Å². The minimum absolute atomic E-state index is 0.0801. The fourth-order valence-electron chi connectivity index (χ4n) is 10.8. The molecule has 4 heteroatoms. The van der Waals surface area contributed by atoms with Gasteiger partial charge in [0.25, 0.3) is 0 Å². The molecule has 1 aliphatic rings. The molecule has 0 unspecified atom stereocenters. The van der Waals surface area contributed by atoms with Gasteiger partial charge in [-0.3, -0.25) is 0 Å². The number of fused-ring (bicyclic) bond motifs is 7. The Labute approximate surface area is 353 Å². The van der Waals surface area contributed by atoms with Gasteiger partial charge < -0.3 is 9.80 Å². The van der Waals surface area contributed by atoms with E-state index in [2.05, 4.69) is 235 Å². The number of benzene rings is 8. The second kappa shape index (κ2) is 14.3. The molecule has 0 radical (unpaired) electrons. The first kappa shape index (κ1) is 38.8. The van der Waals surface area contributed by atoms with Gasteiger partial charge in [-0.2, -0.15) is 0 Å². The third-order valence-corrected chi connectivity index (χ3v) is 23.4. The fourth-order valence-corrected chi connectivity index (χ4v) is 23.8. The third-order valence-electron chi connectivity index (χ3n) is 13.3. The van der Waals surface area contributed by atoms with Gasteiger partial charge in [0, 0.05) is 38.5 Å². The monoisotopic (exact) mass is 800 g/mol. The van der Waals surface area contributed by atoms with E-state index in [-0.39, 0.29) is 4.66 Å². The minimum atomic E-state index is -2.07. The standard InChI is InChI=1S/C55H56N2Si2/c1-37-25-28-44(33-39(37)3)56(42-19-13-11-14-20-42)46-30-32-47-41(35-46)27-31-50-53-49-24-18-17-23-48(49)52(36-51(53)55(54(47)50,58(5,6)7)59(8,9)10)57(43-21-15-12-16-22-43)45-29-26-38(2)40(4)34-45/h11-36H,1-10H3. The van der Waals surface area contributed by atoms with Crippen LogP contribution in [-0.4, -0.2) is 16.1 Å². The van der Waals surface area contributed by atoms with Crippen LogP contribution < -0.4 is 9.80 Å². The first-order valence-electron chi connectivity index (χ1n) is 21.2. The zero-order chi connectivity index (χ0) is 41.4. The number of rotatable bonds is 8. The summed E-state index contributed by atoms with van der Waals surface area (Å²) in [6.45, 7) is 24.7. The molecule has 0 saturated carbocycles. The molecule has 0 saturated heterocycles. The highest BCUT2D eigenvalue weighted by Gasteiger charge is 2.60. The molecule has 0 spiro atoms. The number of hydrogen-bond donors (Lipinski definition) is 0. The van der Waals surface area contributed by atoms with Gasteiger partial charge in [0.2, 0.25) is 0 Å². The normalized spacial score (nSPS) is 13.4. The van der Waals surface area contributed by atoms with Crippen LogP contribution in [0, 0.1) is 27.7 Å². The van der Waals surface area contributed by atoms with Gasteiger partial charge in [-0.1, -0.05) is 130 Å². The molecule has 1 aliphatic carbocycles. The van der Waals surface area contributed by atoms with Gasteiger partial charge in [-0.25, -0.2) is 0 Å². The van der Waals surface area contributed by atoms with Crippen molar-refractivity contribution in [3.05, 3.63) is 191 Å². The van der Waals surface area contributed by atoms with E-state index in [0.29, 0.717) is 0 Å². The molecule has 0 aliphatic heterocycles. The molecule has 0 heterocycles. The Morgan fingerprint density at radius 3 is 1.44 bits per heavy atom. The Kier molecular flexibility index (Phi) is 9.37. The van der Waals surface area contributed by atoms with Crippen LogP contribution in [-0.2, 0) is 4.66 Å². The predicted molar refractivity (Wildman–Crippen MR) is 263 cm³/mol. The maximum atomic E-state index is 2.65. The van der Waals surface area contributed by atoms with Crippen LogP contribution in [0.4, 0.5) is 34.1 Å². The summed E-state index contributed by atoms with van der Waals surface area (Å²) in [5.74, 6) is 0. The lowest BCUT2D eigenvalue weighted by Crippen LogP contribution is -2.63. The molecule has 0 atom stereocenters. The van der Waals surface area contributed by atoms with Gasteiger partial charge in [0.05, 0.1) is 21.8 Å². The van der Waals surface area contributed by atoms with E-state index >= 15 is 0 Å². The molecule has 8 aromatic rings. The SMILES string of the molecule is Cc1ccc(N(c2ccccc2)c2ccc3c4c(ccc3c2)-c2c(cc(N(c3ccccc3)c3ccc(C)c(C)c3)c3ccccc23)C4([Si](C)(C)C)[Si](C)(C)C)cc1C. The summed E-state index contributed by atoms with van der Waals surface area (Å²) in [6.07, 6.45) is 0. The average molecular weight is 801 g/mol. The lowest BCUT2D eigenvalue weighted by molar-refractivity contribution is 0.962. The molecule has 0 amide bonds. The van der Waals surface area contributed by atoms with Crippen molar-refractivity contribution in [2.45, 2.75) is 71.6 Å². The van der Waals surface area contributed by atoms with E-state index in [4.69, 9.17) is 0 Å². The molecule has 294 valence electrons. The number of nitrogens with zero attached hydrogens (tertiary/aromatic N) is 2. The summed E-state index contributed by atoms with van der Waals surface area (Å²) in [6, 6.07) is 59.6. The molecule has 9 rings (SSSR count). The van der Waals surface area contributed by atoms with Crippen LogP contribution in [0.3, 0.4) is 0 Å². The van der Waals surface area contributed by atoms with Gasteiger partial charge in [-0.05, 0) is 155 Å². The molecule has 59 heavy (non-hydrogen) atoms. The maximum absolute atomic E-state index is 2.65. The van der Waals surface area contributed by atoms with Crippen molar-refractivity contribution in [3.63, 3.8) is 0 Å². The predicted octanol–water partition coefficient (Wildman–Crippen LogP) is 16.2. The Bertz CT molecular complexity index is 2890. The number of anilines is 6. The third kappa shape index (κ3) is 6.10. The zero-order valence-electron chi connectivity index (χ0n) is 36.4. The fraction of sp³-hybridized carbons (Fsp3) is 0.200. The zero-order valence-corrected chi connectivity index (χ0v) is 38.4. The van der Waals surface area contributed by atoms with Crippen molar-refractivity contribution >= 4 is 71.8 Å². The van der Waals surface area contributed by atoms with Crippen molar-refractivity contribution in [1.82, 2.24) is 0 Å². The Morgan fingerprint density at radius 1 is 0.390 bits per heavy atom. The summed E-state index contributed by atoms with van der Waals surface area (Å²) in [5.41, 5.74) is 18.3. The topological polar surface area (TPSA) is 6.48 Å².